The Balaban J connectivity index is 3.37. The number of rotatable bonds is 8. The van der Waals surface area contributed by atoms with Gasteiger partial charge in [0.1, 0.15) is 0 Å². The van der Waals surface area contributed by atoms with Crippen molar-refractivity contribution in [2.45, 2.75) is 13.3 Å². The zero-order valence-corrected chi connectivity index (χ0v) is 10.0. The van der Waals surface area contributed by atoms with Crippen molar-refractivity contribution in [2.75, 3.05) is 47.1 Å². The SMILES string of the molecule is CCOCCCNC(=NC)NCCOC. The summed E-state index contributed by atoms with van der Waals surface area (Å²) in [6.45, 7) is 5.88. The third kappa shape index (κ3) is 9.49. The molecule has 15 heavy (non-hydrogen) atoms. The van der Waals surface area contributed by atoms with Gasteiger partial charge >= 0.3 is 0 Å². The lowest BCUT2D eigenvalue weighted by molar-refractivity contribution is 0.145. The van der Waals surface area contributed by atoms with Crippen molar-refractivity contribution in [3.8, 4) is 0 Å². The first-order valence-corrected chi connectivity index (χ1v) is 5.36. The Morgan fingerprint density at radius 1 is 1.20 bits per heavy atom. The normalized spacial score (nSPS) is 11.5. The molecule has 5 nitrogen and oxygen atoms in total. The molecular formula is C10H23N3O2. The van der Waals surface area contributed by atoms with Gasteiger partial charge in [-0.3, -0.25) is 4.99 Å². The van der Waals surface area contributed by atoms with E-state index in [0.29, 0.717) is 6.61 Å². The largest absolute Gasteiger partial charge is 0.383 e. The second-order valence-corrected chi connectivity index (χ2v) is 2.97. The molecule has 0 fully saturated rings. The number of methoxy groups -OCH3 is 1. The fraction of sp³-hybridized carbons (Fsp3) is 0.900. The number of aliphatic imine (C=N–C) groups is 1. The van der Waals surface area contributed by atoms with Crippen LogP contribution in [0.1, 0.15) is 13.3 Å². The molecule has 0 aromatic rings. The van der Waals surface area contributed by atoms with Crippen LogP contribution in [0.5, 0.6) is 0 Å². The molecule has 0 heterocycles. The van der Waals surface area contributed by atoms with E-state index in [2.05, 4.69) is 15.6 Å². The highest BCUT2D eigenvalue weighted by molar-refractivity contribution is 5.79. The van der Waals surface area contributed by atoms with Crippen LogP contribution in [0.2, 0.25) is 0 Å². The van der Waals surface area contributed by atoms with Crippen LogP contribution < -0.4 is 10.6 Å². The molecule has 0 aliphatic carbocycles. The number of guanidine groups is 1. The summed E-state index contributed by atoms with van der Waals surface area (Å²) in [4.78, 5) is 4.08. The standard InChI is InChI=1S/C10H23N3O2/c1-4-15-8-5-6-12-10(11-2)13-7-9-14-3/h4-9H2,1-3H3,(H2,11,12,13). The lowest BCUT2D eigenvalue weighted by Gasteiger charge is -2.11. The monoisotopic (exact) mass is 217 g/mol. The summed E-state index contributed by atoms with van der Waals surface area (Å²) in [6.07, 6.45) is 0.985. The molecule has 0 aromatic heterocycles. The minimum absolute atomic E-state index is 0.680. The first kappa shape index (κ1) is 14.2. The van der Waals surface area contributed by atoms with Gasteiger partial charge in [0, 0.05) is 40.5 Å². The van der Waals surface area contributed by atoms with E-state index in [1.54, 1.807) is 14.2 Å². The van der Waals surface area contributed by atoms with Gasteiger partial charge in [0.2, 0.25) is 0 Å². The molecule has 0 aliphatic heterocycles. The van der Waals surface area contributed by atoms with Crippen LogP contribution in [0.3, 0.4) is 0 Å². The van der Waals surface area contributed by atoms with Gasteiger partial charge in [-0.05, 0) is 13.3 Å². The third-order valence-corrected chi connectivity index (χ3v) is 1.78. The van der Waals surface area contributed by atoms with Gasteiger partial charge in [-0.25, -0.2) is 0 Å². The van der Waals surface area contributed by atoms with E-state index in [-0.39, 0.29) is 0 Å². The Hall–Kier alpha value is -0.810. The van der Waals surface area contributed by atoms with Gasteiger partial charge in [0.15, 0.2) is 5.96 Å². The van der Waals surface area contributed by atoms with Crippen molar-refractivity contribution in [2.24, 2.45) is 4.99 Å². The number of nitrogens with one attached hydrogen (secondary N) is 2. The molecule has 0 saturated carbocycles. The molecule has 0 unspecified atom stereocenters. The Labute approximate surface area is 92.2 Å². The molecule has 0 aromatic carbocycles. The van der Waals surface area contributed by atoms with Crippen molar-refractivity contribution in [1.82, 2.24) is 10.6 Å². The molecule has 0 aliphatic rings. The van der Waals surface area contributed by atoms with Crippen molar-refractivity contribution in [3.63, 3.8) is 0 Å². The topological polar surface area (TPSA) is 54.9 Å². The molecule has 2 N–H and O–H groups in total. The Morgan fingerprint density at radius 2 is 1.93 bits per heavy atom. The quantitative estimate of drug-likeness (QED) is 0.347. The van der Waals surface area contributed by atoms with E-state index >= 15 is 0 Å². The summed E-state index contributed by atoms with van der Waals surface area (Å²) in [5, 5.41) is 6.32. The van der Waals surface area contributed by atoms with Crippen molar-refractivity contribution >= 4 is 5.96 Å². The molecule has 90 valence electrons. The van der Waals surface area contributed by atoms with Crippen LogP contribution in [0.4, 0.5) is 0 Å². The van der Waals surface area contributed by atoms with Crippen molar-refractivity contribution in [1.29, 1.82) is 0 Å². The molecule has 0 bridgehead atoms. The van der Waals surface area contributed by atoms with E-state index in [1.165, 1.54) is 0 Å². The van der Waals surface area contributed by atoms with E-state index in [4.69, 9.17) is 9.47 Å². The molecule has 0 amide bonds. The highest BCUT2D eigenvalue weighted by Gasteiger charge is 1.95. The van der Waals surface area contributed by atoms with Crippen molar-refractivity contribution in [3.05, 3.63) is 0 Å². The Kier molecular flexibility index (Phi) is 10.7. The summed E-state index contributed by atoms with van der Waals surface area (Å²) in [7, 11) is 3.44. The van der Waals surface area contributed by atoms with Crippen LogP contribution in [0.15, 0.2) is 4.99 Å². The molecule has 5 heteroatoms. The summed E-state index contributed by atoms with van der Waals surface area (Å²) in [5.74, 6) is 0.809. The van der Waals surface area contributed by atoms with Gasteiger partial charge < -0.3 is 20.1 Å². The number of ether oxygens (including phenoxy) is 2. The molecule has 0 saturated heterocycles. The highest BCUT2D eigenvalue weighted by Crippen LogP contribution is 1.80. The fourth-order valence-electron chi connectivity index (χ4n) is 1.02. The Morgan fingerprint density at radius 3 is 2.53 bits per heavy atom. The van der Waals surface area contributed by atoms with Crippen LogP contribution in [-0.2, 0) is 9.47 Å². The average Bonchev–Trinajstić information content (AvgIpc) is 2.26. The number of hydrogen-bond acceptors (Lipinski definition) is 3. The second-order valence-electron chi connectivity index (χ2n) is 2.97. The molecule has 0 rings (SSSR count). The predicted molar refractivity (Wildman–Crippen MR) is 62.4 cm³/mol. The fourth-order valence-corrected chi connectivity index (χ4v) is 1.02. The summed E-state index contributed by atoms with van der Waals surface area (Å²) in [5.41, 5.74) is 0. The molecular weight excluding hydrogens is 194 g/mol. The molecule has 0 radical (unpaired) electrons. The van der Waals surface area contributed by atoms with Gasteiger partial charge in [-0.1, -0.05) is 0 Å². The van der Waals surface area contributed by atoms with Crippen LogP contribution in [-0.4, -0.2) is 53.0 Å². The highest BCUT2D eigenvalue weighted by atomic mass is 16.5. The van der Waals surface area contributed by atoms with Gasteiger partial charge in [0.05, 0.1) is 6.61 Å². The average molecular weight is 217 g/mol. The maximum atomic E-state index is 5.23. The van der Waals surface area contributed by atoms with Gasteiger partial charge in [0.25, 0.3) is 0 Å². The van der Waals surface area contributed by atoms with E-state index in [9.17, 15) is 0 Å². The maximum Gasteiger partial charge on any atom is 0.191 e. The first-order valence-electron chi connectivity index (χ1n) is 5.36. The second kappa shape index (κ2) is 11.3. The summed E-state index contributed by atoms with van der Waals surface area (Å²) >= 11 is 0. The van der Waals surface area contributed by atoms with Gasteiger partial charge in [-0.15, -0.1) is 0 Å². The lowest BCUT2D eigenvalue weighted by atomic mass is 10.4. The number of hydrogen-bond donors (Lipinski definition) is 2. The lowest BCUT2D eigenvalue weighted by Crippen LogP contribution is -2.39. The Bertz CT molecular complexity index is 163. The van der Waals surface area contributed by atoms with E-state index in [0.717, 1.165) is 38.7 Å². The summed E-state index contributed by atoms with van der Waals surface area (Å²) < 4.78 is 10.2. The summed E-state index contributed by atoms with van der Waals surface area (Å²) in [6, 6.07) is 0. The maximum absolute atomic E-state index is 5.23. The molecule has 0 spiro atoms. The zero-order chi connectivity index (χ0) is 11.4. The van der Waals surface area contributed by atoms with E-state index < -0.39 is 0 Å². The predicted octanol–water partition coefficient (Wildman–Crippen LogP) is 0.224. The van der Waals surface area contributed by atoms with E-state index in [1.807, 2.05) is 6.92 Å². The van der Waals surface area contributed by atoms with Crippen LogP contribution in [0, 0.1) is 0 Å². The minimum Gasteiger partial charge on any atom is -0.383 e. The molecule has 0 atom stereocenters. The van der Waals surface area contributed by atoms with Crippen molar-refractivity contribution < 1.29 is 9.47 Å². The first-order chi connectivity index (χ1) is 7.35. The minimum atomic E-state index is 0.680. The number of nitrogens with zero attached hydrogens (tertiary/aromatic N) is 1. The van der Waals surface area contributed by atoms with Crippen LogP contribution >= 0.6 is 0 Å². The van der Waals surface area contributed by atoms with Crippen LogP contribution in [0.25, 0.3) is 0 Å². The van der Waals surface area contributed by atoms with Gasteiger partial charge in [-0.2, -0.15) is 0 Å². The smallest absolute Gasteiger partial charge is 0.191 e. The zero-order valence-electron chi connectivity index (χ0n) is 10.0. The third-order valence-electron chi connectivity index (χ3n) is 1.78.